The van der Waals surface area contributed by atoms with E-state index in [1.54, 1.807) is 12.1 Å². The minimum absolute atomic E-state index is 0.311. The first kappa shape index (κ1) is 15.8. The van der Waals surface area contributed by atoms with Crippen molar-refractivity contribution in [1.29, 1.82) is 5.26 Å². The standard InChI is InChI=1S/C20H18FN3O/c1-12-16-8-13(11-22)9-17(14-4-2-5-15(21)10-14)19(16)24-7-3-6-23-20(25)18(12)24/h2,4-5,8-10,20,23,25H,3,6-7H2,1H3. The largest absolute Gasteiger partial charge is 0.373 e. The summed E-state index contributed by atoms with van der Waals surface area (Å²) in [6, 6.07) is 12.3. The molecular weight excluding hydrogens is 317 g/mol. The Morgan fingerprint density at radius 1 is 1.32 bits per heavy atom. The zero-order valence-corrected chi connectivity index (χ0v) is 13.9. The minimum atomic E-state index is -0.749. The maximum atomic E-state index is 13.8. The Balaban J connectivity index is 2.12. The van der Waals surface area contributed by atoms with Gasteiger partial charge in [0.05, 0.1) is 22.8 Å². The number of aliphatic hydroxyl groups is 1. The van der Waals surface area contributed by atoms with Crippen LogP contribution in [0.3, 0.4) is 0 Å². The molecule has 1 aromatic heterocycles. The Morgan fingerprint density at radius 3 is 2.92 bits per heavy atom. The molecular formula is C20H18FN3O. The molecule has 2 N–H and O–H groups in total. The van der Waals surface area contributed by atoms with Crippen molar-refractivity contribution in [3.05, 3.63) is 59.0 Å². The number of nitriles is 1. The number of benzene rings is 2. The second kappa shape index (κ2) is 5.99. The Bertz CT molecular complexity index is 1020. The fourth-order valence-corrected chi connectivity index (χ4v) is 3.77. The van der Waals surface area contributed by atoms with E-state index < -0.39 is 6.23 Å². The highest BCUT2D eigenvalue weighted by Gasteiger charge is 2.25. The molecule has 0 saturated heterocycles. The number of aryl methyl sites for hydroxylation is 2. The number of fused-ring (bicyclic) bond motifs is 3. The smallest absolute Gasteiger partial charge is 0.146 e. The predicted octanol–water partition coefficient (Wildman–Crippen LogP) is 3.61. The molecule has 1 atom stereocenters. The highest BCUT2D eigenvalue weighted by atomic mass is 19.1. The van der Waals surface area contributed by atoms with Crippen LogP contribution in [-0.4, -0.2) is 16.2 Å². The maximum Gasteiger partial charge on any atom is 0.146 e. The van der Waals surface area contributed by atoms with Crippen molar-refractivity contribution in [3.8, 4) is 17.2 Å². The monoisotopic (exact) mass is 335 g/mol. The number of halogens is 1. The molecule has 2 heterocycles. The third kappa shape index (κ3) is 2.51. The fraction of sp³-hybridized carbons (Fsp3) is 0.250. The van der Waals surface area contributed by atoms with Gasteiger partial charge < -0.3 is 9.67 Å². The van der Waals surface area contributed by atoms with E-state index in [1.165, 1.54) is 12.1 Å². The van der Waals surface area contributed by atoms with E-state index >= 15 is 0 Å². The van der Waals surface area contributed by atoms with Crippen molar-refractivity contribution >= 4 is 10.9 Å². The molecule has 2 aromatic carbocycles. The SMILES string of the molecule is Cc1c2n(c3c(-c4cccc(F)c4)cc(C#N)cc13)CCCNC2O. The first-order valence-electron chi connectivity index (χ1n) is 8.34. The highest BCUT2D eigenvalue weighted by molar-refractivity contribution is 5.98. The predicted molar refractivity (Wildman–Crippen MR) is 94.4 cm³/mol. The highest BCUT2D eigenvalue weighted by Crippen LogP contribution is 2.38. The van der Waals surface area contributed by atoms with E-state index in [4.69, 9.17) is 0 Å². The van der Waals surface area contributed by atoms with Crippen molar-refractivity contribution < 1.29 is 9.50 Å². The lowest BCUT2D eigenvalue weighted by atomic mass is 9.98. The summed E-state index contributed by atoms with van der Waals surface area (Å²) in [6.07, 6.45) is 0.136. The minimum Gasteiger partial charge on any atom is -0.373 e. The molecule has 5 heteroatoms. The Labute approximate surface area is 145 Å². The van der Waals surface area contributed by atoms with Gasteiger partial charge in [-0.15, -0.1) is 0 Å². The summed E-state index contributed by atoms with van der Waals surface area (Å²) in [5, 5.41) is 24.0. The fourth-order valence-electron chi connectivity index (χ4n) is 3.77. The van der Waals surface area contributed by atoms with Crippen LogP contribution >= 0.6 is 0 Å². The van der Waals surface area contributed by atoms with Gasteiger partial charge in [0.2, 0.25) is 0 Å². The average Bonchev–Trinajstić information content (AvgIpc) is 2.76. The van der Waals surface area contributed by atoms with Crippen LogP contribution in [0, 0.1) is 24.1 Å². The van der Waals surface area contributed by atoms with Gasteiger partial charge in [0, 0.05) is 17.5 Å². The molecule has 1 aliphatic heterocycles. The van der Waals surface area contributed by atoms with E-state index in [2.05, 4.69) is 16.0 Å². The van der Waals surface area contributed by atoms with Crippen molar-refractivity contribution in [2.24, 2.45) is 0 Å². The molecule has 4 nitrogen and oxygen atoms in total. The van der Waals surface area contributed by atoms with E-state index in [1.807, 2.05) is 19.1 Å². The quantitative estimate of drug-likeness (QED) is 0.714. The van der Waals surface area contributed by atoms with E-state index in [0.29, 0.717) is 5.56 Å². The first-order valence-corrected chi connectivity index (χ1v) is 8.34. The van der Waals surface area contributed by atoms with Crippen LogP contribution in [-0.2, 0) is 6.54 Å². The molecule has 126 valence electrons. The number of nitrogens with one attached hydrogen (secondary N) is 1. The summed E-state index contributed by atoms with van der Waals surface area (Å²) in [5.41, 5.74) is 4.79. The van der Waals surface area contributed by atoms with Crippen molar-refractivity contribution in [3.63, 3.8) is 0 Å². The summed E-state index contributed by atoms with van der Waals surface area (Å²) in [6.45, 7) is 3.45. The van der Waals surface area contributed by atoms with Crippen molar-refractivity contribution in [2.75, 3.05) is 6.54 Å². The van der Waals surface area contributed by atoms with Gasteiger partial charge in [-0.25, -0.2) is 4.39 Å². The lowest BCUT2D eigenvalue weighted by Crippen LogP contribution is -2.21. The van der Waals surface area contributed by atoms with Crippen LogP contribution in [0.4, 0.5) is 4.39 Å². The molecule has 1 unspecified atom stereocenters. The lowest BCUT2D eigenvalue weighted by Gasteiger charge is -2.13. The van der Waals surface area contributed by atoms with Crippen molar-refractivity contribution in [2.45, 2.75) is 26.1 Å². The van der Waals surface area contributed by atoms with Crippen LogP contribution in [0.1, 0.15) is 29.5 Å². The number of aliphatic hydroxyl groups excluding tert-OH is 1. The topological polar surface area (TPSA) is 61.0 Å². The van der Waals surface area contributed by atoms with Gasteiger partial charge in [-0.2, -0.15) is 5.26 Å². The Morgan fingerprint density at radius 2 is 2.16 bits per heavy atom. The molecule has 0 fully saturated rings. The summed E-state index contributed by atoms with van der Waals surface area (Å²) < 4.78 is 15.9. The normalized spacial score (nSPS) is 17.1. The van der Waals surface area contributed by atoms with E-state index in [9.17, 15) is 14.8 Å². The molecule has 0 saturated carbocycles. The van der Waals surface area contributed by atoms with Crippen molar-refractivity contribution in [1.82, 2.24) is 9.88 Å². The second-order valence-corrected chi connectivity index (χ2v) is 6.41. The number of hydrogen-bond acceptors (Lipinski definition) is 3. The van der Waals surface area contributed by atoms with Gasteiger partial charge in [-0.05, 0) is 55.3 Å². The molecule has 0 spiro atoms. The summed E-state index contributed by atoms with van der Waals surface area (Å²) in [5.74, 6) is -0.311. The van der Waals surface area contributed by atoms with Crippen LogP contribution in [0.25, 0.3) is 22.0 Å². The first-order chi connectivity index (χ1) is 12.1. The van der Waals surface area contributed by atoms with Crippen LogP contribution < -0.4 is 5.32 Å². The molecule has 1 aliphatic rings. The molecule has 25 heavy (non-hydrogen) atoms. The third-order valence-corrected chi connectivity index (χ3v) is 4.88. The van der Waals surface area contributed by atoms with Gasteiger partial charge in [-0.3, -0.25) is 5.32 Å². The van der Waals surface area contributed by atoms with Crippen LogP contribution in [0.5, 0.6) is 0 Å². The number of nitrogens with zero attached hydrogens (tertiary/aromatic N) is 2. The molecule has 3 aromatic rings. The van der Waals surface area contributed by atoms with Gasteiger partial charge in [0.15, 0.2) is 0 Å². The Hall–Kier alpha value is -2.68. The molecule has 0 radical (unpaired) electrons. The van der Waals surface area contributed by atoms with E-state index in [-0.39, 0.29) is 5.82 Å². The summed E-state index contributed by atoms with van der Waals surface area (Å²) in [4.78, 5) is 0. The van der Waals surface area contributed by atoms with Gasteiger partial charge in [0.1, 0.15) is 12.0 Å². The number of aromatic nitrogens is 1. The van der Waals surface area contributed by atoms with Gasteiger partial charge in [-0.1, -0.05) is 12.1 Å². The van der Waals surface area contributed by atoms with Crippen LogP contribution in [0.15, 0.2) is 36.4 Å². The molecule has 4 rings (SSSR count). The Kier molecular flexibility index (Phi) is 3.79. The van der Waals surface area contributed by atoms with E-state index in [0.717, 1.165) is 52.8 Å². The van der Waals surface area contributed by atoms with Gasteiger partial charge in [0.25, 0.3) is 0 Å². The van der Waals surface area contributed by atoms with Crippen LogP contribution in [0.2, 0.25) is 0 Å². The molecule has 0 aliphatic carbocycles. The van der Waals surface area contributed by atoms with Gasteiger partial charge >= 0.3 is 0 Å². The zero-order chi connectivity index (χ0) is 17.6. The zero-order valence-electron chi connectivity index (χ0n) is 13.9. The summed E-state index contributed by atoms with van der Waals surface area (Å²) in [7, 11) is 0. The second-order valence-electron chi connectivity index (χ2n) is 6.41. The average molecular weight is 335 g/mol. The number of hydrogen-bond donors (Lipinski definition) is 2. The number of rotatable bonds is 1. The molecule has 0 bridgehead atoms. The maximum absolute atomic E-state index is 13.8. The lowest BCUT2D eigenvalue weighted by molar-refractivity contribution is 0.137. The summed E-state index contributed by atoms with van der Waals surface area (Å²) >= 11 is 0. The third-order valence-electron chi connectivity index (χ3n) is 4.88. The molecule has 0 amide bonds.